The number of aromatic nitrogens is 12. The predicted molar refractivity (Wildman–Crippen MR) is 389 cm³/mol. The van der Waals surface area contributed by atoms with E-state index in [0.717, 1.165) is 38.5 Å². The van der Waals surface area contributed by atoms with Crippen LogP contribution >= 0.6 is 34.8 Å². The summed E-state index contributed by atoms with van der Waals surface area (Å²) in [6.07, 6.45) is 14.6. The van der Waals surface area contributed by atoms with E-state index in [4.69, 9.17) is 63.2 Å². The van der Waals surface area contributed by atoms with Crippen molar-refractivity contribution in [1.82, 2.24) is 73.4 Å². The molecule has 105 heavy (non-hydrogen) atoms. The first-order chi connectivity index (χ1) is 51.1. The van der Waals surface area contributed by atoms with Crippen molar-refractivity contribution in [2.75, 3.05) is 132 Å². The van der Waals surface area contributed by atoms with Gasteiger partial charge >= 0.3 is 0 Å². The van der Waals surface area contributed by atoms with E-state index < -0.39 is 0 Å². The molecule has 12 atom stereocenters. The zero-order valence-corrected chi connectivity index (χ0v) is 59.8. The summed E-state index contributed by atoms with van der Waals surface area (Å²) in [5.74, 6) is 4.63. The zero-order valence-electron chi connectivity index (χ0n) is 57.5. The van der Waals surface area contributed by atoms with Gasteiger partial charge in [-0.15, -0.1) is 0 Å². The molecule has 9 fully saturated rings. The number of amides is 3. The van der Waals surface area contributed by atoms with E-state index in [-0.39, 0.29) is 70.7 Å². The molecule has 3 aliphatic carbocycles. The Morgan fingerprint density at radius 3 is 0.924 bits per heavy atom. The molecule has 6 saturated heterocycles. The average molecular weight is 1500 g/mol. The molecule has 6 aliphatic heterocycles. The minimum atomic E-state index is -0.228. The number of rotatable bonds is 18. The molecule has 36 heteroatoms. The normalized spacial score (nSPS) is 25.3. The molecule has 552 valence electrons. The van der Waals surface area contributed by atoms with E-state index in [1.165, 1.54) is 18.6 Å². The minimum absolute atomic E-state index is 0.0729. The summed E-state index contributed by atoms with van der Waals surface area (Å²) in [7, 11) is 5.25. The smallest absolute Gasteiger partial charge is 0.274 e. The Hall–Kier alpha value is -9.45. The second-order valence-electron chi connectivity index (χ2n) is 27.6. The topological polar surface area (TPSA) is 371 Å². The van der Waals surface area contributed by atoms with Gasteiger partial charge in [-0.05, 0) is 56.7 Å². The van der Waals surface area contributed by atoms with Gasteiger partial charge in [-0.1, -0.05) is 34.8 Å². The summed E-state index contributed by atoms with van der Waals surface area (Å²) in [6, 6.07) is 10.1. The van der Waals surface area contributed by atoms with E-state index in [1.54, 1.807) is 103 Å². The molecule has 18 rings (SSSR count). The van der Waals surface area contributed by atoms with Gasteiger partial charge in [-0.2, -0.15) is 28.8 Å². The van der Waals surface area contributed by atoms with Crippen LogP contribution in [0.5, 0.6) is 0 Å². The van der Waals surface area contributed by atoms with Crippen LogP contribution in [-0.2, 0) is 28.4 Å². The lowest BCUT2D eigenvalue weighted by Gasteiger charge is -2.25. The first-order valence-corrected chi connectivity index (χ1v) is 36.4. The number of nitrogens with zero attached hydrogens (tertiary/aromatic N) is 12. The van der Waals surface area contributed by atoms with Crippen LogP contribution in [0, 0.1) is 35.5 Å². The Kier molecular flexibility index (Phi) is 19.6. The Morgan fingerprint density at radius 2 is 0.676 bits per heavy atom. The van der Waals surface area contributed by atoms with Crippen LogP contribution in [0.3, 0.4) is 0 Å². The van der Waals surface area contributed by atoms with Crippen molar-refractivity contribution in [2.45, 2.75) is 74.8 Å². The van der Waals surface area contributed by atoms with Crippen LogP contribution in [0.4, 0.5) is 52.0 Å². The Labute approximate surface area is 613 Å². The Bertz CT molecular complexity index is 4510. The number of hydrogen-bond donors (Lipinski definition) is 9. The molecular weight excluding hydrogens is 1420 g/mol. The Morgan fingerprint density at radius 1 is 0.400 bits per heavy atom. The third kappa shape index (κ3) is 14.1. The van der Waals surface area contributed by atoms with Gasteiger partial charge in [0.15, 0.2) is 16.9 Å². The van der Waals surface area contributed by atoms with Gasteiger partial charge in [0.2, 0.25) is 0 Å². The lowest BCUT2D eigenvalue weighted by molar-refractivity contribution is 0.0580. The largest absolute Gasteiger partial charge is 0.381 e. The number of pyridine rings is 3. The maximum absolute atomic E-state index is 13.2. The van der Waals surface area contributed by atoms with E-state index in [2.05, 4.69) is 78.1 Å². The number of nitrogens with one attached hydrogen (secondary N) is 9. The number of ether oxygens (including phenoxy) is 6. The first kappa shape index (κ1) is 69.9. The van der Waals surface area contributed by atoms with Gasteiger partial charge in [-0.3, -0.25) is 28.8 Å². The summed E-state index contributed by atoms with van der Waals surface area (Å²) in [4.78, 5) is 92.7. The molecule has 4 unspecified atom stereocenters. The number of hydrogen-bond acceptors (Lipinski definition) is 24. The van der Waals surface area contributed by atoms with Crippen LogP contribution in [0.2, 0.25) is 15.1 Å². The van der Waals surface area contributed by atoms with Crippen molar-refractivity contribution >= 4 is 121 Å². The van der Waals surface area contributed by atoms with E-state index in [1.807, 2.05) is 0 Å². The molecule has 0 radical (unpaired) electrons. The maximum Gasteiger partial charge on any atom is 0.274 e. The summed E-state index contributed by atoms with van der Waals surface area (Å²) in [5.41, 5.74) is 2.43. The predicted octanol–water partition coefficient (Wildman–Crippen LogP) is 6.17. The van der Waals surface area contributed by atoms with Crippen molar-refractivity contribution in [3.8, 4) is 0 Å². The summed E-state index contributed by atoms with van der Waals surface area (Å²) >= 11 is 19.1. The molecule has 33 nitrogen and oxygen atoms in total. The summed E-state index contributed by atoms with van der Waals surface area (Å²) < 4.78 is 42.4. The highest BCUT2D eigenvalue weighted by Gasteiger charge is 2.57. The van der Waals surface area contributed by atoms with Gasteiger partial charge in [0.25, 0.3) is 34.4 Å². The van der Waals surface area contributed by atoms with Crippen molar-refractivity contribution in [3.05, 3.63) is 136 Å². The Balaban J connectivity index is 0.000000121. The highest BCUT2D eigenvalue weighted by Crippen LogP contribution is 2.46. The van der Waals surface area contributed by atoms with Gasteiger partial charge in [0, 0.05) is 131 Å². The van der Waals surface area contributed by atoms with Crippen molar-refractivity contribution < 1.29 is 42.8 Å². The fourth-order valence-corrected chi connectivity index (χ4v) is 15.8. The lowest BCUT2D eigenvalue weighted by atomic mass is 10.1. The van der Waals surface area contributed by atoms with Gasteiger partial charge < -0.3 is 90.0 Å². The van der Waals surface area contributed by atoms with Crippen LogP contribution in [0.15, 0.2) is 88.0 Å². The highest BCUT2D eigenvalue weighted by molar-refractivity contribution is 6.31. The molecule has 9 N–H and O–H groups in total. The average Bonchev–Trinajstić information content (AvgIpc) is 1.61. The van der Waals surface area contributed by atoms with Crippen LogP contribution in [0.25, 0.3) is 16.9 Å². The van der Waals surface area contributed by atoms with Crippen LogP contribution in [0.1, 0.15) is 87.7 Å². The number of fused-ring (bicyclic) bond motifs is 6. The third-order valence-electron chi connectivity index (χ3n) is 21.1. The second kappa shape index (κ2) is 29.5. The number of halogens is 3. The fraction of sp³-hybridized carbons (Fsp3) is 0.478. The monoisotopic (exact) mass is 1500 g/mol. The maximum atomic E-state index is 13.2. The molecule has 3 amide bonds. The van der Waals surface area contributed by atoms with Gasteiger partial charge in [-0.25, -0.2) is 15.0 Å². The first-order valence-electron chi connectivity index (χ1n) is 35.2. The molecule has 9 aliphatic rings. The number of anilines is 9. The standard InChI is InChI=1S/3C23H26ClN7O4/c3*1-25-19-6-18(27-17-5-12(24)8-30(23(17)33)13-3-2-4-34-9-13)28-21-14(7-26-31(19)21)22(32)29-20-15-10-35-11-16(15)20/h3*5-8,13,15-16,20,25H,2-4,9-11H2,1H3,(H,27,28)(H,29,32)/t13?,15-,16+,20?;2*13-,15-,16+,20?/m.10/s1. The van der Waals surface area contributed by atoms with E-state index >= 15 is 0 Å². The van der Waals surface area contributed by atoms with E-state index in [0.29, 0.717) is 215 Å². The van der Waals surface area contributed by atoms with Gasteiger partial charge in [0.05, 0.1) is 111 Å². The van der Waals surface area contributed by atoms with Crippen molar-refractivity contribution in [3.63, 3.8) is 0 Å². The second-order valence-corrected chi connectivity index (χ2v) is 29.0. The molecule has 0 spiro atoms. The van der Waals surface area contributed by atoms with Crippen LogP contribution in [-0.4, -0.2) is 194 Å². The molecular formula is C69H78Cl3N21O12. The summed E-state index contributed by atoms with van der Waals surface area (Å²) in [6.45, 7) is 7.62. The fourth-order valence-electron chi connectivity index (χ4n) is 15.2. The molecule has 0 bridgehead atoms. The van der Waals surface area contributed by atoms with Crippen molar-refractivity contribution in [2.24, 2.45) is 35.5 Å². The minimum Gasteiger partial charge on any atom is -0.381 e. The third-order valence-corrected chi connectivity index (χ3v) is 21.7. The molecule has 0 aromatic carbocycles. The molecule has 9 aromatic rings. The highest BCUT2D eigenvalue weighted by atomic mass is 35.5. The molecule has 15 heterocycles. The van der Waals surface area contributed by atoms with Crippen LogP contribution < -0.4 is 64.5 Å². The number of carbonyl (C=O) groups excluding carboxylic acids is 3. The zero-order chi connectivity index (χ0) is 72.3. The molecule has 9 aromatic heterocycles. The van der Waals surface area contributed by atoms with E-state index in [9.17, 15) is 28.8 Å². The van der Waals surface area contributed by atoms with Gasteiger partial charge in [0.1, 0.15) is 68.7 Å². The number of carbonyl (C=O) groups is 3. The lowest BCUT2D eigenvalue weighted by Crippen LogP contribution is -2.31. The molecule has 3 saturated carbocycles. The SMILES string of the molecule is CNc1cc(Nc2cc(Cl)cn(C3CCCOC3)c2=O)nc2c(C(=O)NC3[C@H]4COC[C@@H]34)cnn12.CNc1cc(Nc2cc(Cl)cn([C@@H]3CCCOC3)c2=O)nc2c(C(=O)NC3[C@H]4COC[C@@H]34)cnn12.CNc1cc(Nc2cc(Cl)cn([C@H]3CCCOC3)c2=O)nc2c(C(=O)NC3[C@H]4COC[C@@H]34)cnn12. The summed E-state index contributed by atoms with van der Waals surface area (Å²) in [5, 5.41) is 42.1. The van der Waals surface area contributed by atoms with Crippen molar-refractivity contribution in [1.29, 1.82) is 0 Å². The quantitative estimate of drug-likeness (QED) is 0.0464.